The number of carbonyl (C=O) groups excluding carboxylic acids is 1. The van der Waals surface area contributed by atoms with Crippen molar-refractivity contribution in [3.05, 3.63) is 28.4 Å². The Bertz CT molecular complexity index is 567. The SMILES string of the molecule is CNC1C(=O)N(Cc2nncs2)CCc2ncoc21. The Morgan fingerprint density at radius 1 is 1.63 bits per heavy atom. The molecule has 0 aromatic carbocycles. The van der Waals surface area contributed by atoms with Crippen LogP contribution in [-0.2, 0) is 17.8 Å². The lowest BCUT2D eigenvalue weighted by molar-refractivity contribution is -0.134. The molecule has 0 radical (unpaired) electrons. The summed E-state index contributed by atoms with van der Waals surface area (Å²) >= 11 is 1.44. The van der Waals surface area contributed by atoms with Gasteiger partial charge in [0.25, 0.3) is 0 Å². The number of oxazole rings is 1. The highest BCUT2D eigenvalue weighted by molar-refractivity contribution is 7.09. The first kappa shape index (κ1) is 12.2. The van der Waals surface area contributed by atoms with Gasteiger partial charge < -0.3 is 14.6 Å². The maximum absolute atomic E-state index is 12.5. The molecule has 7 nitrogen and oxygen atoms in total. The number of hydrogen-bond acceptors (Lipinski definition) is 7. The third-order valence-electron chi connectivity index (χ3n) is 3.13. The number of aromatic nitrogens is 3. The van der Waals surface area contributed by atoms with Crippen molar-refractivity contribution in [3.8, 4) is 0 Å². The molecule has 0 aliphatic carbocycles. The van der Waals surface area contributed by atoms with Gasteiger partial charge in [-0.25, -0.2) is 4.98 Å². The Labute approximate surface area is 113 Å². The summed E-state index contributed by atoms with van der Waals surface area (Å²) in [6, 6.07) is -0.479. The number of nitrogens with one attached hydrogen (secondary N) is 1. The fourth-order valence-electron chi connectivity index (χ4n) is 2.19. The molecular weight excluding hydrogens is 266 g/mol. The highest BCUT2D eigenvalue weighted by Gasteiger charge is 2.33. The molecule has 0 spiro atoms. The summed E-state index contributed by atoms with van der Waals surface area (Å²) in [4.78, 5) is 18.4. The van der Waals surface area contributed by atoms with Crippen molar-refractivity contribution in [2.75, 3.05) is 13.6 Å². The van der Waals surface area contributed by atoms with Crippen molar-refractivity contribution < 1.29 is 9.21 Å². The molecule has 0 saturated heterocycles. The van der Waals surface area contributed by atoms with Crippen LogP contribution < -0.4 is 5.32 Å². The highest BCUT2D eigenvalue weighted by atomic mass is 32.1. The highest BCUT2D eigenvalue weighted by Crippen LogP contribution is 2.24. The van der Waals surface area contributed by atoms with Crippen LogP contribution in [0.3, 0.4) is 0 Å². The molecular formula is C11H13N5O2S. The fourth-order valence-corrected chi connectivity index (χ4v) is 2.73. The van der Waals surface area contributed by atoms with E-state index in [1.54, 1.807) is 17.5 Å². The monoisotopic (exact) mass is 279 g/mol. The minimum atomic E-state index is -0.479. The molecule has 1 N–H and O–H groups in total. The number of carbonyl (C=O) groups is 1. The lowest BCUT2D eigenvalue weighted by Gasteiger charge is -2.22. The summed E-state index contributed by atoms with van der Waals surface area (Å²) in [6.45, 7) is 1.09. The molecule has 100 valence electrons. The van der Waals surface area contributed by atoms with Crippen LogP contribution in [0.4, 0.5) is 0 Å². The summed E-state index contributed by atoms with van der Waals surface area (Å²) in [7, 11) is 1.74. The molecule has 2 aromatic rings. The van der Waals surface area contributed by atoms with Crippen LogP contribution in [0.15, 0.2) is 16.3 Å². The smallest absolute Gasteiger partial charge is 0.248 e. The molecule has 1 unspecified atom stereocenters. The largest absolute Gasteiger partial charge is 0.446 e. The van der Waals surface area contributed by atoms with E-state index in [1.165, 1.54) is 17.7 Å². The van der Waals surface area contributed by atoms with Crippen molar-refractivity contribution in [3.63, 3.8) is 0 Å². The molecule has 1 atom stereocenters. The Kier molecular flexibility index (Phi) is 3.26. The van der Waals surface area contributed by atoms with Gasteiger partial charge in [0.2, 0.25) is 5.91 Å². The van der Waals surface area contributed by atoms with Crippen LogP contribution >= 0.6 is 11.3 Å². The van der Waals surface area contributed by atoms with E-state index in [9.17, 15) is 4.79 Å². The molecule has 2 aromatic heterocycles. The Morgan fingerprint density at radius 3 is 3.26 bits per heavy atom. The van der Waals surface area contributed by atoms with E-state index < -0.39 is 6.04 Å². The molecule has 3 heterocycles. The molecule has 8 heteroatoms. The van der Waals surface area contributed by atoms with Gasteiger partial charge in [0.05, 0.1) is 12.2 Å². The number of nitrogens with zero attached hydrogens (tertiary/aromatic N) is 4. The van der Waals surface area contributed by atoms with Gasteiger partial charge in [-0.15, -0.1) is 21.5 Å². The van der Waals surface area contributed by atoms with Crippen molar-refractivity contribution in [1.29, 1.82) is 0 Å². The summed E-state index contributed by atoms with van der Waals surface area (Å²) in [6.07, 6.45) is 2.08. The van der Waals surface area contributed by atoms with E-state index in [2.05, 4.69) is 20.5 Å². The second kappa shape index (κ2) is 5.06. The Balaban J connectivity index is 1.85. The third-order valence-corrected chi connectivity index (χ3v) is 3.81. The van der Waals surface area contributed by atoms with Crippen molar-refractivity contribution >= 4 is 17.2 Å². The zero-order chi connectivity index (χ0) is 13.2. The lowest BCUT2D eigenvalue weighted by Crippen LogP contribution is -2.38. The first-order valence-corrected chi connectivity index (χ1v) is 6.81. The van der Waals surface area contributed by atoms with E-state index >= 15 is 0 Å². The Morgan fingerprint density at radius 2 is 2.53 bits per heavy atom. The topological polar surface area (TPSA) is 84.2 Å². The number of hydrogen-bond donors (Lipinski definition) is 1. The fraction of sp³-hybridized carbons (Fsp3) is 0.455. The molecule has 3 rings (SSSR count). The summed E-state index contributed by atoms with van der Waals surface area (Å²) in [5.74, 6) is 0.598. The average molecular weight is 279 g/mol. The summed E-state index contributed by atoms with van der Waals surface area (Å²) in [5, 5.41) is 11.6. The minimum Gasteiger partial charge on any atom is -0.446 e. The van der Waals surface area contributed by atoms with Gasteiger partial charge in [-0.1, -0.05) is 0 Å². The van der Waals surface area contributed by atoms with Gasteiger partial charge in [-0.3, -0.25) is 4.79 Å². The molecule has 1 amide bonds. The molecule has 0 fully saturated rings. The second-order valence-corrected chi connectivity index (χ2v) is 5.15. The predicted octanol–water partition coefficient (Wildman–Crippen LogP) is 0.371. The van der Waals surface area contributed by atoms with Crippen LogP contribution in [0.1, 0.15) is 22.5 Å². The van der Waals surface area contributed by atoms with E-state index in [4.69, 9.17) is 4.42 Å². The number of amides is 1. The van der Waals surface area contributed by atoms with Crippen molar-refractivity contribution in [2.45, 2.75) is 19.0 Å². The van der Waals surface area contributed by atoms with Gasteiger partial charge >= 0.3 is 0 Å². The first-order chi connectivity index (χ1) is 9.29. The maximum atomic E-state index is 12.5. The van der Waals surface area contributed by atoms with Gasteiger partial charge in [-0.2, -0.15) is 0 Å². The van der Waals surface area contributed by atoms with Gasteiger partial charge in [0.1, 0.15) is 16.6 Å². The summed E-state index contributed by atoms with van der Waals surface area (Å²) in [5.41, 5.74) is 2.51. The molecule has 0 saturated carbocycles. The van der Waals surface area contributed by atoms with E-state index in [0.717, 1.165) is 10.7 Å². The van der Waals surface area contributed by atoms with Gasteiger partial charge in [-0.05, 0) is 7.05 Å². The van der Waals surface area contributed by atoms with Crippen LogP contribution in [-0.4, -0.2) is 39.6 Å². The molecule has 0 bridgehead atoms. The van der Waals surface area contributed by atoms with E-state index in [-0.39, 0.29) is 5.91 Å². The third kappa shape index (κ3) is 2.24. The quantitative estimate of drug-likeness (QED) is 0.874. The normalized spacial score (nSPS) is 19.3. The zero-order valence-corrected chi connectivity index (χ0v) is 11.2. The van der Waals surface area contributed by atoms with Gasteiger partial charge in [0.15, 0.2) is 12.2 Å². The van der Waals surface area contributed by atoms with Crippen molar-refractivity contribution in [2.24, 2.45) is 0 Å². The standard InChI is InChI=1S/C11H13N5O2S/c1-12-9-10-7(13-5-18-10)2-3-16(11(9)17)4-8-15-14-6-19-8/h5-6,9,12H,2-4H2,1H3. The first-order valence-electron chi connectivity index (χ1n) is 5.93. The Hall–Kier alpha value is -1.80. The number of fused-ring (bicyclic) bond motifs is 1. The summed E-state index contributed by atoms with van der Waals surface area (Å²) < 4.78 is 5.35. The number of likely N-dealkylation sites (N-methyl/N-ethyl adjacent to an activating group) is 1. The maximum Gasteiger partial charge on any atom is 0.248 e. The van der Waals surface area contributed by atoms with E-state index in [1.807, 2.05) is 0 Å². The second-order valence-electron chi connectivity index (χ2n) is 4.23. The zero-order valence-electron chi connectivity index (χ0n) is 10.4. The average Bonchev–Trinajstić information content (AvgIpc) is 3.04. The van der Waals surface area contributed by atoms with Crippen molar-refractivity contribution in [1.82, 2.24) is 25.4 Å². The number of rotatable bonds is 3. The molecule has 1 aliphatic heterocycles. The minimum absolute atomic E-state index is 0.0202. The predicted molar refractivity (Wildman–Crippen MR) is 67.3 cm³/mol. The van der Waals surface area contributed by atoms with Crippen LogP contribution in [0.25, 0.3) is 0 Å². The van der Waals surface area contributed by atoms with Crippen LogP contribution in [0, 0.1) is 0 Å². The molecule has 1 aliphatic rings. The molecule has 19 heavy (non-hydrogen) atoms. The van der Waals surface area contributed by atoms with Crippen LogP contribution in [0.2, 0.25) is 0 Å². The van der Waals surface area contributed by atoms with Crippen LogP contribution in [0.5, 0.6) is 0 Å². The van der Waals surface area contributed by atoms with Gasteiger partial charge in [0, 0.05) is 13.0 Å². The lowest BCUT2D eigenvalue weighted by atomic mass is 10.1. The van der Waals surface area contributed by atoms with E-state index in [0.29, 0.717) is 25.3 Å².